The van der Waals surface area contributed by atoms with Gasteiger partial charge in [-0.2, -0.15) is 0 Å². The molecule has 0 fully saturated rings. The van der Waals surface area contributed by atoms with Gasteiger partial charge in [0, 0.05) is 0 Å². The summed E-state index contributed by atoms with van der Waals surface area (Å²) >= 11 is 0. The van der Waals surface area contributed by atoms with E-state index < -0.39 is 0 Å². The maximum atomic E-state index is 6.00. The zero-order valence-electron chi connectivity index (χ0n) is 14.4. The van der Waals surface area contributed by atoms with Crippen molar-refractivity contribution in [2.45, 2.75) is 53.4 Å². The summed E-state index contributed by atoms with van der Waals surface area (Å²) in [4.78, 5) is 0. The predicted octanol–water partition coefficient (Wildman–Crippen LogP) is 6.10. The third kappa shape index (κ3) is 4.13. The highest BCUT2D eigenvalue weighted by Crippen LogP contribution is 2.30. The fourth-order valence-corrected chi connectivity index (χ4v) is 2.80. The fourth-order valence-electron chi connectivity index (χ4n) is 2.80. The standard InChI is InChI=1S/C21H28O/c1-5-7-8-13-22-21-16(3)14-20(15-17(21)4)19-11-9-18(6-2)10-12-19/h9-12,14-15H,5-8,13H2,1-4H3. The molecule has 22 heavy (non-hydrogen) atoms. The summed E-state index contributed by atoms with van der Waals surface area (Å²) in [5.41, 5.74) is 6.39. The van der Waals surface area contributed by atoms with Crippen LogP contribution in [0.4, 0.5) is 0 Å². The highest BCUT2D eigenvalue weighted by atomic mass is 16.5. The van der Waals surface area contributed by atoms with Crippen LogP contribution in [0.5, 0.6) is 5.75 Å². The lowest BCUT2D eigenvalue weighted by Crippen LogP contribution is -2.01. The van der Waals surface area contributed by atoms with Gasteiger partial charge < -0.3 is 4.74 Å². The maximum absolute atomic E-state index is 6.00. The summed E-state index contributed by atoms with van der Waals surface area (Å²) in [7, 11) is 0. The molecule has 0 amide bonds. The van der Waals surface area contributed by atoms with Crippen LogP contribution in [-0.4, -0.2) is 6.61 Å². The molecule has 2 rings (SSSR count). The fraction of sp³-hybridized carbons (Fsp3) is 0.429. The summed E-state index contributed by atoms with van der Waals surface area (Å²) in [5, 5.41) is 0. The molecule has 2 aromatic rings. The molecule has 0 unspecified atom stereocenters. The first kappa shape index (κ1) is 16.6. The van der Waals surface area contributed by atoms with Gasteiger partial charge >= 0.3 is 0 Å². The van der Waals surface area contributed by atoms with E-state index in [4.69, 9.17) is 4.74 Å². The van der Waals surface area contributed by atoms with Crippen LogP contribution in [0.3, 0.4) is 0 Å². The van der Waals surface area contributed by atoms with Gasteiger partial charge in [0.2, 0.25) is 0 Å². The monoisotopic (exact) mass is 296 g/mol. The van der Waals surface area contributed by atoms with E-state index >= 15 is 0 Å². The van der Waals surface area contributed by atoms with Gasteiger partial charge in [0.05, 0.1) is 6.61 Å². The van der Waals surface area contributed by atoms with Crippen LogP contribution in [0.2, 0.25) is 0 Å². The Kier molecular flexibility index (Phi) is 6.06. The number of aryl methyl sites for hydroxylation is 3. The third-order valence-electron chi connectivity index (χ3n) is 4.15. The van der Waals surface area contributed by atoms with Crippen LogP contribution in [0.1, 0.15) is 49.8 Å². The van der Waals surface area contributed by atoms with Gasteiger partial charge in [-0.05, 0) is 66.6 Å². The number of ether oxygens (including phenoxy) is 1. The van der Waals surface area contributed by atoms with E-state index in [-0.39, 0.29) is 0 Å². The predicted molar refractivity (Wildman–Crippen MR) is 95.8 cm³/mol. The molecule has 0 saturated carbocycles. The normalized spacial score (nSPS) is 10.7. The van der Waals surface area contributed by atoms with Crippen LogP contribution in [0.15, 0.2) is 36.4 Å². The first-order chi connectivity index (χ1) is 10.7. The van der Waals surface area contributed by atoms with E-state index in [0.717, 1.165) is 25.2 Å². The van der Waals surface area contributed by atoms with E-state index in [1.54, 1.807) is 0 Å². The Morgan fingerprint density at radius 1 is 0.818 bits per heavy atom. The van der Waals surface area contributed by atoms with Crippen LogP contribution in [0.25, 0.3) is 11.1 Å². The minimum atomic E-state index is 0.820. The van der Waals surface area contributed by atoms with Gasteiger partial charge in [0.25, 0.3) is 0 Å². The molecule has 0 spiro atoms. The second-order valence-electron chi connectivity index (χ2n) is 6.05. The molecule has 0 bridgehead atoms. The largest absolute Gasteiger partial charge is 0.493 e. The Hall–Kier alpha value is -1.76. The Balaban J connectivity index is 2.17. The molecule has 2 aromatic carbocycles. The van der Waals surface area contributed by atoms with Gasteiger partial charge in [-0.1, -0.05) is 51.0 Å². The van der Waals surface area contributed by atoms with Gasteiger partial charge in [0.1, 0.15) is 5.75 Å². The molecule has 0 N–H and O–H groups in total. The molecule has 0 atom stereocenters. The number of hydrogen-bond acceptors (Lipinski definition) is 1. The molecule has 1 heteroatoms. The van der Waals surface area contributed by atoms with Crippen molar-refractivity contribution >= 4 is 0 Å². The lowest BCUT2D eigenvalue weighted by molar-refractivity contribution is 0.302. The summed E-state index contributed by atoms with van der Waals surface area (Å²) in [6, 6.07) is 13.3. The van der Waals surface area contributed by atoms with Gasteiger partial charge in [0.15, 0.2) is 0 Å². The smallest absolute Gasteiger partial charge is 0.125 e. The zero-order valence-corrected chi connectivity index (χ0v) is 14.4. The van der Waals surface area contributed by atoms with Gasteiger partial charge in [-0.15, -0.1) is 0 Å². The van der Waals surface area contributed by atoms with Crippen LogP contribution >= 0.6 is 0 Å². The Bertz CT molecular complexity index is 573. The number of hydrogen-bond donors (Lipinski definition) is 0. The molecule has 118 valence electrons. The lowest BCUT2D eigenvalue weighted by atomic mass is 9.98. The molecule has 0 aliphatic heterocycles. The van der Waals surface area contributed by atoms with Crippen molar-refractivity contribution in [2.24, 2.45) is 0 Å². The highest BCUT2D eigenvalue weighted by molar-refractivity contribution is 5.67. The highest BCUT2D eigenvalue weighted by Gasteiger charge is 2.08. The Morgan fingerprint density at radius 3 is 2.00 bits per heavy atom. The van der Waals surface area contributed by atoms with E-state index in [0.29, 0.717) is 0 Å². The van der Waals surface area contributed by atoms with Crippen molar-refractivity contribution in [2.75, 3.05) is 6.61 Å². The first-order valence-corrected chi connectivity index (χ1v) is 8.49. The van der Waals surface area contributed by atoms with E-state index in [2.05, 4.69) is 64.1 Å². The van der Waals surface area contributed by atoms with Crippen molar-refractivity contribution in [3.8, 4) is 16.9 Å². The molecule has 0 aromatic heterocycles. The van der Waals surface area contributed by atoms with E-state index in [1.165, 1.54) is 40.7 Å². The van der Waals surface area contributed by atoms with Crippen LogP contribution in [-0.2, 0) is 6.42 Å². The second-order valence-corrected chi connectivity index (χ2v) is 6.05. The molecule has 0 saturated heterocycles. The van der Waals surface area contributed by atoms with Crippen molar-refractivity contribution in [3.63, 3.8) is 0 Å². The minimum Gasteiger partial charge on any atom is -0.493 e. The topological polar surface area (TPSA) is 9.23 Å². The van der Waals surface area contributed by atoms with E-state index in [9.17, 15) is 0 Å². The van der Waals surface area contributed by atoms with Gasteiger partial charge in [-0.3, -0.25) is 0 Å². The van der Waals surface area contributed by atoms with Crippen molar-refractivity contribution in [1.29, 1.82) is 0 Å². The average molecular weight is 296 g/mol. The Morgan fingerprint density at radius 2 is 1.45 bits per heavy atom. The molecular weight excluding hydrogens is 268 g/mol. The SMILES string of the molecule is CCCCCOc1c(C)cc(-c2ccc(CC)cc2)cc1C. The molecule has 0 aliphatic rings. The van der Waals surface area contributed by atoms with Crippen molar-refractivity contribution in [3.05, 3.63) is 53.1 Å². The summed E-state index contributed by atoms with van der Waals surface area (Å²) in [5.74, 6) is 1.06. The average Bonchev–Trinajstić information content (AvgIpc) is 2.53. The number of rotatable bonds is 7. The second kappa shape index (κ2) is 8.03. The molecule has 0 aliphatic carbocycles. The maximum Gasteiger partial charge on any atom is 0.125 e. The van der Waals surface area contributed by atoms with E-state index in [1.807, 2.05) is 0 Å². The number of unbranched alkanes of at least 4 members (excludes halogenated alkanes) is 2. The Labute approximate surface area is 135 Å². The molecule has 1 nitrogen and oxygen atoms in total. The summed E-state index contributed by atoms with van der Waals surface area (Å²) in [6.45, 7) is 9.52. The van der Waals surface area contributed by atoms with Crippen molar-refractivity contribution < 1.29 is 4.74 Å². The summed E-state index contributed by atoms with van der Waals surface area (Å²) in [6.07, 6.45) is 4.69. The summed E-state index contributed by atoms with van der Waals surface area (Å²) < 4.78 is 6.00. The van der Waals surface area contributed by atoms with Crippen LogP contribution < -0.4 is 4.74 Å². The lowest BCUT2D eigenvalue weighted by Gasteiger charge is -2.14. The minimum absolute atomic E-state index is 0.820. The zero-order chi connectivity index (χ0) is 15.9. The number of benzene rings is 2. The van der Waals surface area contributed by atoms with Gasteiger partial charge in [-0.25, -0.2) is 0 Å². The third-order valence-corrected chi connectivity index (χ3v) is 4.15. The quantitative estimate of drug-likeness (QED) is 0.561. The molecule has 0 radical (unpaired) electrons. The molecular formula is C21H28O. The first-order valence-electron chi connectivity index (χ1n) is 8.49. The van der Waals surface area contributed by atoms with Crippen molar-refractivity contribution in [1.82, 2.24) is 0 Å². The van der Waals surface area contributed by atoms with Crippen LogP contribution in [0, 0.1) is 13.8 Å². The molecule has 0 heterocycles.